The monoisotopic (exact) mass is 752 g/mol. The maximum absolute atomic E-state index is 14.0. The van der Waals surface area contributed by atoms with Crippen molar-refractivity contribution < 1.29 is 19.2 Å². The van der Waals surface area contributed by atoms with E-state index in [-0.39, 0.29) is 23.6 Å². The molecule has 290 valence electrons. The molecule has 0 aliphatic carbocycles. The Balaban J connectivity index is 1.05. The summed E-state index contributed by atoms with van der Waals surface area (Å²) in [7, 11) is 7.55. The van der Waals surface area contributed by atoms with Crippen LogP contribution < -0.4 is 10.6 Å². The van der Waals surface area contributed by atoms with Crippen LogP contribution in [0.2, 0.25) is 0 Å². The van der Waals surface area contributed by atoms with Gasteiger partial charge in [0.2, 0.25) is 23.6 Å². The standard InChI is InChI=1S/C46H52N6O4/c1-45(49(3)4,35-15-9-7-10-16-35)43(55)51-31-13-19-39(51)41(53)47-37-27-23-33(24-28-37)21-22-34-25-29-38(30-26-34)48-42(54)40-20-14-32-52(40)44(56)46(2,50(5)6)36-17-11-8-12-18-36/h7-12,15-18,23-30,39-40H,13-14,19-20,31-32H2,1-6H3,(H,47,53)(H,48,54)/t39-,40-,45+,46+/m0/s1. The van der Waals surface area contributed by atoms with Gasteiger partial charge >= 0.3 is 0 Å². The highest BCUT2D eigenvalue weighted by atomic mass is 16.2. The van der Waals surface area contributed by atoms with E-state index in [2.05, 4.69) is 22.5 Å². The van der Waals surface area contributed by atoms with Crippen LogP contribution in [-0.4, -0.2) is 96.6 Å². The van der Waals surface area contributed by atoms with Crippen LogP contribution >= 0.6 is 0 Å². The number of hydrogen-bond donors (Lipinski definition) is 2. The maximum atomic E-state index is 14.0. The summed E-state index contributed by atoms with van der Waals surface area (Å²) in [5, 5.41) is 6.02. The van der Waals surface area contributed by atoms with Crippen molar-refractivity contribution in [1.29, 1.82) is 0 Å². The lowest BCUT2D eigenvalue weighted by Gasteiger charge is -2.40. The van der Waals surface area contributed by atoms with Crippen LogP contribution in [0.15, 0.2) is 109 Å². The predicted octanol–water partition coefficient (Wildman–Crippen LogP) is 5.90. The molecular formula is C46H52N6O4. The summed E-state index contributed by atoms with van der Waals surface area (Å²) < 4.78 is 0. The Kier molecular flexibility index (Phi) is 12.1. The van der Waals surface area contributed by atoms with E-state index in [9.17, 15) is 19.2 Å². The number of benzene rings is 4. The zero-order chi connectivity index (χ0) is 40.0. The Labute approximate surface area is 330 Å². The van der Waals surface area contributed by atoms with Crippen molar-refractivity contribution in [1.82, 2.24) is 19.6 Å². The van der Waals surface area contributed by atoms with Gasteiger partial charge in [0.15, 0.2) is 0 Å². The number of nitrogens with one attached hydrogen (secondary N) is 2. The highest BCUT2D eigenvalue weighted by Crippen LogP contribution is 2.34. The Hall–Kier alpha value is -5.76. The average molecular weight is 753 g/mol. The van der Waals surface area contributed by atoms with Crippen LogP contribution in [0.3, 0.4) is 0 Å². The first-order valence-corrected chi connectivity index (χ1v) is 19.3. The van der Waals surface area contributed by atoms with Crippen LogP contribution in [0.5, 0.6) is 0 Å². The van der Waals surface area contributed by atoms with Gasteiger partial charge < -0.3 is 20.4 Å². The summed E-state index contributed by atoms with van der Waals surface area (Å²) in [6.45, 7) is 4.88. The summed E-state index contributed by atoms with van der Waals surface area (Å²) in [4.78, 5) is 62.3. The van der Waals surface area contributed by atoms with Gasteiger partial charge in [-0.25, -0.2) is 0 Å². The van der Waals surface area contributed by atoms with E-state index >= 15 is 0 Å². The molecule has 2 saturated heterocycles. The number of hydrogen-bond acceptors (Lipinski definition) is 6. The van der Waals surface area contributed by atoms with Crippen LogP contribution in [0.1, 0.15) is 61.8 Å². The van der Waals surface area contributed by atoms with Gasteiger partial charge in [-0.15, -0.1) is 0 Å². The second-order valence-corrected chi connectivity index (χ2v) is 15.4. The number of anilines is 2. The van der Waals surface area contributed by atoms with Crippen LogP contribution in [-0.2, 0) is 30.3 Å². The van der Waals surface area contributed by atoms with Gasteiger partial charge in [-0.1, -0.05) is 72.5 Å². The van der Waals surface area contributed by atoms with Crippen molar-refractivity contribution in [2.24, 2.45) is 0 Å². The summed E-state index contributed by atoms with van der Waals surface area (Å²) in [5.41, 5.74) is 2.76. The normalized spacial score (nSPS) is 18.8. The summed E-state index contributed by atoms with van der Waals surface area (Å²) >= 11 is 0. The molecule has 6 rings (SSSR count). The fraction of sp³-hybridized carbons (Fsp3) is 0.348. The number of carbonyl (C=O) groups is 4. The molecule has 4 aromatic carbocycles. The lowest BCUT2D eigenvalue weighted by molar-refractivity contribution is -0.146. The van der Waals surface area contributed by atoms with Gasteiger partial charge in [0, 0.05) is 35.6 Å². The first kappa shape index (κ1) is 39.9. The molecule has 0 radical (unpaired) electrons. The fourth-order valence-electron chi connectivity index (χ4n) is 7.66. The zero-order valence-corrected chi connectivity index (χ0v) is 33.2. The van der Waals surface area contributed by atoms with E-state index in [0.29, 0.717) is 37.3 Å². The Morgan fingerprint density at radius 2 is 0.893 bits per heavy atom. The minimum absolute atomic E-state index is 0.0911. The summed E-state index contributed by atoms with van der Waals surface area (Å²) in [5.74, 6) is 5.74. The molecule has 2 fully saturated rings. The predicted molar refractivity (Wildman–Crippen MR) is 221 cm³/mol. The number of likely N-dealkylation sites (N-methyl/N-ethyl adjacent to an activating group) is 2. The highest BCUT2D eigenvalue weighted by Gasteiger charge is 2.47. The zero-order valence-electron chi connectivity index (χ0n) is 33.2. The lowest BCUT2D eigenvalue weighted by atomic mass is 9.88. The summed E-state index contributed by atoms with van der Waals surface area (Å²) in [6.07, 6.45) is 2.73. The van der Waals surface area contributed by atoms with Crippen molar-refractivity contribution in [3.8, 4) is 11.8 Å². The van der Waals surface area contributed by atoms with Crippen molar-refractivity contribution in [2.75, 3.05) is 51.9 Å². The molecule has 0 bridgehead atoms. The van der Waals surface area contributed by atoms with Crippen molar-refractivity contribution in [3.05, 3.63) is 131 Å². The van der Waals surface area contributed by atoms with E-state index in [1.807, 2.05) is 161 Å². The SMILES string of the molecule is CN(C)[C@@](C)(C(=O)N1CCC[C@H]1C(=O)Nc1ccc(C#Cc2ccc(NC(=O)[C@@H]3CCCN3C(=O)[C@@](C)(c3ccccc3)N(C)C)cc2)cc1)c1ccccc1. The fourth-order valence-corrected chi connectivity index (χ4v) is 7.66. The average Bonchev–Trinajstić information content (AvgIpc) is 3.92. The summed E-state index contributed by atoms with van der Waals surface area (Å²) in [6, 6.07) is 32.9. The Bertz CT molecular complexity index is 1940. The third-order valence-corrected chi connectivity index (χ3v) is 11.6. The second kappa shape index (κ2) is 16.9. The van der Waals surface area contributed by atoms with Crippen LogP contribution in [0, 0.1) is 11.8 Å². The molecule has 0 spiro atoms. The number of amides is 4. The van der Waals surface area contributed by atoms with Gasteiger partial charge in [0.1, 0.15) is 23.2 Å². The van der Waals surface area contributed by atoms with Gasteiger partial charge in [-0.05, 0) is 127 Å². The van der Waals surface area contributed by atoms with E-state index in [4.69, 9.17) is 0 Å². The molecule has 4 aromatic rings. The van der Waals surface area contributed by atoms with Crippen molar-refractivity contribution in [3.63, 3.8) is 0 Å². The first-order chi connectivity index (χ1) is 26.8. The van der Waals surface area contributed by atoms with Crippen molar-refractivity contribution in [2.45, 2.75) is 62.7 Å². The molecule has 2 heterocycles. The molecule has 10 nitrogen and oxygen atoms in total. The number of likely N-dealkylation sites (tertiary alicyclic amines) is 2. The number of carbonyl (C=O) groups excluding carboxylic acids is 4. The molecule has 4 amide bonds. The molecule has 2 N–H and O–H groups in total. The maximum Gasteiger partial charge on any atom is 0.248 e. The van der Waals surface area contributed by atoms with Crippen LogP contribution in [0.25, 0.3) is 0 Å². The minimum Gasteiger partial charge on any atom is -0.329 e. The smallest absolute Gasteiger partial charge is 0.248 e. The molecule has 56 heavy (non-hydrogen) atoms. The van der Waals surface area contributed by atoms with Gasteiger partial charge in [0.05, 0.1) is 0 Å². The topological polar surface area (TPSA) is 105 Å². The number of nitrogens with zero attached hydrogens (tertiary/aromatic N) is 4. The Morgan fingerprint density at radius 3 is 1.21 bits per heavy atom. The van der Waals surface area contributed by atoms with Crippen LogP contribution in [0.4, 0.5) is 11.4 Å². The molecule has 4 atom stereocenters. The molecular weight excluding hydrogens is 701 g/mol. The van der Waals surface area contributed by atoms with E-state index in [0.717, 1.165) is 35.1 Å². The van der Waals surface area contributed by atoms with Crippen molar-refractivity contribution >= 4 is 35.0 Å². The Morgan fingerprint density at radius 1 is 0.554 bits per heavy atom. The third-order valence-electron chi connectivity index (χ3n) is 11.6. The van der Waals surface area contributed by atoms with Gasteiger partial charge in [-0.3, -0.25) is 29.0 Å². The first-order valence-electron chi connectivity index (χ1n) is 19.3. The van der Waals surface area contributed by atoms with Gasteiger partial charge in [-0.2, -0.15) is 0 Å². The second-order valence-electron chi connectivity index (χ2n) is 15.4. The lowest BCUT2D eigenvalue weighted by Crippen LogP contribution is -2.56. The van der Waals surface area contributed by atoms with E-state index in [1.165, 1.54) is 0 Å². The molecule has 2 aliphatic rings. The quantitative estimate of drug-likeness (QED) is 0.196. The highest BCUT2D eigenvalue weighted by molar-refractivity contribution is 6.00. The van der Waals surface area contributed by atoms with E-state index in [1.54, 1.807) is 9.80 Å². The van der Waals surface area contributed by atoms with Gasteiger partial charge in [0.25, 0.3) is 0 Å². The third kappa shape index (κ3) is 8.11. The largest absolute Gasteiger partial charge is 0.329 e. The molecule has 2 aliphatic heterocycles. The van der Waals surface area contributed by atoms with E-state index < -0.39 is 23.2 Å². The molecule has 0 unspecified atom stereocenters. The molecule has 10 heteroatoms. The molecule has 0 saturated carbocycles. The molecule has 0 aromatic heterocycles. The minimum atomic E-state index is -0.907. The number of rotatable bonds is 10.